The molecule has 0 rings (SSSR count). The van der Waals surface area contributed by atoms with E-state index < -0.39 is 6.16 Å². The quantitative estimate of drug-likeness (QED) is 0.441. The molecule has 0 heterocycles. The van der Waals surface area contributed by atoms with Gasteiger partial charge in [0, 0.05) is 14.1 Å². The third kappa shape index (κ3) is 5.37. The van der Waals surface area contributed by atoms with E-state index in [4.69, 9.17) is 0 Å². The van der Waals surface area contributed by atoms with Crippen LogP contribution in [0.4, 0.5) is 4.79 Å². The van der Waals surface area contributed by atoms with Crippen LogP contribution in [0.1, 0.15) is 13.3 Å². The molecule has 0 N–H and O–H groups in total. The van der Waals surface area contributed by atoms with Crippen LogP contribution in [0.5, 0.6) is 0 Å². The van der Waals surface area contributed by atoms with Gasteiger partial charge in [0.2, 0.25) is 0 Å². The molecule has 0 atom stereocenters. The summed E-state index contributed by atoms with van der Waals surface area (Å²) < 4.78 is 4.60. The number of carbonyl (C=O) groups is 1. The Morgan fingerprint density at radius 1 is 1.50 bits per heavy atom. The van der Waals surface area contributed by atoms with Crippen LogP contribution in [0.25, 0.3) is 0 Å². The van der Waals surface area contributed by atoms with Gasteiger partial charge in [-0.25, -0.2) is 4.79 Å². The molecule has 0 aliphatic carbocycles. The van der Waals surface area contributed by atoms with Crippen molar-refractivity contribution in [2.24, 2.45) is 0 Å². The number of hydrogen-bond donors (Lipinski definition) is 0. The normalized spacial score (nSPS) is 9.60. The van der Waals surface area contributed by atoms with Gasteiger partial charge in [0.05, 0.1) is 6.61 Å². The Kier molecular flexibility index (Phi) is 4.66. The standard InChI is InChI=1S/C6H13NO3/c1-4-5-9-6(8)10-7(2)3/h4-5H2,1-3H3. The Balaban J connectivity index is 3.26. The zero-order valence-corrected chi connectivity index (χ0v) is 6.59. The molecular formula is C6H13NO3. The maximum Gasteiger partial charge on any atom is 0.527 e. The van der Waals surface area contributed by atoms with Crippen molar-refractivity contribution < 1.29 is 14.4 Å². The SMILES string of the molecule is CCCOC(=O)ON(C)C. The molecule has 0 saturated carbocycles. The van der Waals surface area contributed by atoms with Crippen LogP contribution in [0.15, 0.2) is 0 Å². The van der Waals surface area contributed by atoms with Crippen LogP contribution in [-0.4, -0.2) is 31.9 Å². The van der Waals surface area contributed by atoms with E-state index in [-0.39, 0.29) is 0 Å². The van der Waals surface area contributed by atoms with Gasteiger partial charge in [0.1, 0.15) is 0 Å². The molecule has 0 radical (unpaired) electrons. The van der Waals surface area contributed by atoms with E-state index in [2.05, 4.69) is 9.57 Å². The molecule has 0 fully saturated rings. The molecule has 0 aliphatic heterocycles. The fourth-order valence-corrected chi connectivity index (χ4v) is 0.361. The molecule has 4 nitrogen and oxygen atoms in total. The van der Waals surface area contributed by atoms with E-state index >= 15 is 0 Å². The number of ether oxygens (including phenoxy) is 1. The predicted octanol–water partition coefficient (Wildman–Crippen LogP) is 1.03. The Hall–Kier alpha value is -0.770. The van der Waals surface area contributed by atoms with Gasteiger partial charge in [-0.3, -0.25) is 0 Å². The summed E-state index contributed by atoms with van der Waals surface area (Å²) in [5.74, 6) is 0. The third-order valence-electron chi connectivity index (χ3n) is 0.681. The Morgan fingerprint density at radius 2 is 2.10 bits per heavy atom. The number of rotatable bonds is 3. The molecule has 0 aromatic carbocycles. The largest absolute Gasteiger partial charge is 0.527 e. The second-order valence-electron chi connectivity index (χ2n) is 2.00. The zero-order chi connectivity index (χ0) is 7.98. The summed E-state index contributed by atoms with van der Waals surface area (Å²) in [6, 6.07) is 0. The van der Waals surface area contributed by atoms with E-state index in [1.54, 1.807) is 14.1 Å². The van der Waals surface area contributed by atoms with Gasteiger partial charge >= 0.3 is 6.16 Å². The molecule has 0 amide bonds. The third-order valence-corrected chi connectivity index (χ3v) is 0.681. The van der Waals surface area contributed by atoms with Gasteiger partial charge in [-0.15, -0.1) is 5.06 Å². The smallest absolute Gasteiger partial charge is 0.433 e. The lowest BCUT2D eigenvalue weighted by molar-refractivity contribution is -0.0915. The maximum absolute atomic E-state index is 10.5. The fraction of sp³-hybridized carbons (Fsp3) is 0.833. The first-order chi connectivity index (χ1) is 4.66. The molecule has 0 aliphatic rings. The van der Waals surface area contributed by atoms with E-state index in [9.17, 15) is 4.79 Å². The topological polar surface area (TPSA) is 38.8 Å². The van der Waals surface area contributed by atoms with E-state index in [1.165, 1.54) is 5.06 Å². The molecular weight excluding hydrogens is 134 g/mol. The van der Waals surface area contributed by atoms with Crippen LogP contribution in [0, 0.1) is 0 Å². The molecule has 0 spiro atoms. The van der Waals surface area contributed by atoms with Crippen molar-refractivity contribution >= 4 is 6.16 Å². The number of hydroxylamine groups is 2. The predicted molar refractivity (Wildman–Crippen MR) is 36.4 cm³/mol. The van der Waals surface area contributed by atoms with Crippen LogP contribution in [0.3, 0.4) is 0 Å². The molecule has 0 aromatic rings. The number of hydrogen-bond acceptors (Lipinski definition) is 4. The molecule has 0 aromatic heterocycles. The van der Waals surface area contributed by atoms with Crippen LogP contribution >= 0.6 is 0 Å². The van der Waals surface area contributed by atoms with Crippen molar-refractivity contribution in [1.29, 1.82) is 0 Å². The summed E-state index contributed by atoms with van der Waals surface area (Å²) >= 11 is 0. The lowest BCUT2D eigenvalue weighted by Crippen LogP contribution is -2.19. The molecule has 0 saturated heterocycles. The monoisotopic (exact) mass is 147 g/mol. The first-order valence-electron chi connectivity index (χ1n) is 3.19. The van der Waals surface area contributed by atoms with Gasteiger partial charge in [-0.05, 0) is 6.42 Å². The van der Waals surface area contributed by atoms with Crippen LogP contribution in [0.2, 0.25) is 0 Å². The Morgan fingerprint density at radius 3 is 2.50 bits per heavy atom. The second-order valence-corrected chi connectivity index (χ2v) is 2.00. The number of nitrogens with zero attached hydrogens (tertiary/aromatic N) is 1. The minimum atomic E-state index is -0.646. The van der Waals surface area contributed by atoms with Crippen molar-refractivity contribution in [1.82, 2.24) is 5.06 Å². The van der Waals surface area contributed by atoms with Crippen molar-refractivity contribution in [2.75, 3.05) is 20.7 Å². The molecule has 10 heavy (non-hydrogen) atoms. The molecule has 60 valence electrons. The summed E-state index contributed by atoms with van der Waals surface area (Å²) in [4.78, 5) is 15.1. The van der Waals surface area contributed by atoms with Crippen molar-refractivity contribution in [3.63, 3.8) is 0 Å². The minimum absolute atomic E-state index is 0.409. The van der Waals surface area contributed by atoms with E-state index in [1.807, 2.05) is 6.92 Å². The summed E-state index contributed by atoms with van der Waals surface area (Å²) in [5.41, 5.74) is 0. The second kappa shape index (κ2) is 5.05. The molecule has 4 heteroatoms. The van der Waals surface area contributed by atoms with Crippen molar-refractivity contribution in [3.8, 4) is 0 Å². The van der Waals surface area contributed by atoms with Gasteiger partial charge in [0.15, 0.2) is 0 Å². The highest BCUT2D eigenvalue weighted by Gasteiger charge is 2.02. The van der Waals surface area contributed by atoms with E-state index in [0.29, 0.717) is 6.61 Å². The van der Waals surface area contributed by atoms with E-state index in [0.717, 1.165) is 6.42 Å². The van der Waals surface area contributed by atoms with Crippen LogP contribution in [-0.2, 0) is 9.57 Å². The molecule has 0 bridgehead atoms. The highest BCUT2D eigenvalue weighted by atomic mass is 16.8. The summed E-state index contributed by atoms with van der Waals surface area (Å²) in [7, 11) is 3.24. The van der Waals surface area contributed by atoms with Gasteiger partial charge in [-0.1, -0.05) is 6.92 Å². The van der Waals surface area contributed by atoms with Gasteiger partial charge in [0.25, 0.3) is 0 Å². The van der Waals surface area contributed by atoms with Crippen molar-refractivity contribution in [2.45, 2.75) is 13.3 Å². The van der Waals surface area contributed by atoms with Gasteiger partial charge in [-0.2, -0.15) is 0 Å². The fourth-order valence-electron chi connectivity index (χ4n) is 0.361. The lowest BCUT2D eigenvalue weighted by Gasteiger charge is -2.08. The Labute approximate surface area is 60.7 Å². The summed E-state index contributed by atoms with van der Waals surface area (Å²) in [5, 5.41) is 1.29. The molecule has 0 unspecified atom stereocenters. The van der Waals surface area contributed by atoms with Crippen molar-refractivity contribution in [3.05, 3.63) is 0 Å². The van der Waals surface area contributed by atoms with Crippen LogP contribution < -0.4 is 0 Å². The average Bonchev–Trinajstić information content (AvgIpc) is 1.82. The zero-order valence-electron chi connectivity index (χ0n) is 6.59. The maximum atomic E-state index is 10.5. The minimum Gasteiger partial charge on any atom is -0.433 e. The number of carbonyl (C=O) groups excluding carboxylic acids is 1. The van der Waals surface area contributed by atoms with Gasteiger partial charge < -0.3 is 9.57 Å². The highest BCUT2D eigenvalue weighted by Crippen LogP contribution is 1.88. The average molecular weight is 147 g/mol. The Bertz CT molecular complexity index is 103. The lowest BCUT2D eigenvalue weighted by atomic mass is 10.5. The summed E-state index contributed by atoms with van der Waals surface area (Å²) in [6.07, 6.45) is 0.162. The highest BCUT2D eigenvalue weighted by molar-refractivity contribution is 5.59. The first kappa shape index (κ1) is 9.23. The first-order valence-corrected chi connectivity index (χ1v) is 3.19. The summed E-state index contributed by atoms with van der Waals surface area (Å²) in [6.45, 7) is 2.33.